The number of hydrogen-bond donors (Lipinski definition) is 0. The van der Waals surface area contributed by atoms with Gasteiger partial charge in [0.25, 0.3) is 0 Å². The first-order valence-electron chi connectivity index (χ1n) is 11.4. The Balaban J connectivity index is 2.12. The van der Waals surface area contributed by atoms with E-state index in [9.17, 15) is 4.79 Å². The molecule has 0 fully saturated rings. The predicted octanol–water partition coefficient (Wildman–Crippen LogP) is 7.43. The number of Topliss-reactive ketones (excluding diaryl/α,β-unsaturated/α-hetero) is 1. The van der Waals surface area contributed by atoms with E-state index in [4.69, 9.17) is 0 Å². The van der Waals surface area contributed by atoms with Crippen LogP contribution < -0.4 is 0 Å². The summed E-state index contributed by atoms with van der Waals surface area (Å²) < 4.78 is 0. The molecule has 2 aromatic rings. The van der Waals surface area contributed by atoms with Gasteiger partial charge in [-0.2, -0.15) is 0 Å². The fourth-order valence-corrected chi connectivity index (χ4v) is 4.10. The van der Waals surface area contributed by atoms with Gasteiger partial charge in [-0.1, -0.05) is 113 Å². The molecule has 2 unspecified atom stereocenters. The average Bonchev–Trinajstić information content (AvgIpc) is 2.73. The van der Waals surface area contributed by atoms with E-state index in [0.717, 1.165) is 38.5 Å². The maximum absolute atomic E-state index is 13.6. The first-order valence-corrected chi connectivity index (χ1v) is 11.4. The Morgan fingerprint density at radius 3 is 1.39 bits per heavy atom. The summed E-state index contributed by atoms with van der Waals surface area (Å²) in [6.45, 7) is 4.47. The molecule has 0 aliphatic carbocycles. The van der Waals surface area contributed by atoms with Crippen molar-refractivity contribution in [3.63, 3.8) is 0 Å². The smallest absolute Gasteiger partial charge is 0.139 e. The normalized spacial score (nSPS) is 13.2. The molecule has 0 saturated carbocycles. The molecule has 0 aliphatic heterocycles. The van der Waals surface area contributed by atoms with Crippen LogP contribution in [0.4, 0.5) is 0 Å². The molecule has 28 heavy (non-hydrogen) atoms. The molecule has 152 valence electrons. The standard InChI is InChI=1S/C27H38O/c1-3-5-9-19-25(21-23-15-11-7-12-16-23)27(28)26(20-10-6-4-2)22-24-17-13-8-14-18-24/h7-8,11-18,25-26H,3-6,9-10,19-22H2,1-2H3. The van der Waals surface area contributed by atoms with Crippen molar-refractivity contribution in [3.8, 4) is 0 Å². The molecule has 0 aromatic heterocycles. The predicted molar refractivity (Wildman–Crippen MR) is 121 cm³/mol. The van der Waals surface area contributed by atoms with E-state index < -0.39 is 0 Å². The van der Waals surface area contributed by atoms with Crippen LogP contribution >= 0.6 is 0 Å². The minimum absolute atomic E-state index is 0.157. The molecule has 2 atom stereocenters. The highest BCUT2D eigenvalue weighted by molar-refractivity contribution is 5.84. The molecule has 2 rings (SSSR count). The Morgan fingerprint density at radius 1 is 0.643 bits per heavy atom. The van der Waals surface area contributed by atoms with Gasteiger partial charge in [-0.25, -0.2) is 0 Å². The van der Waals surface area contributed by atoms with Crippen molar-refractivity contribution in [1.29, 1.82) is 0 Å². The van der Waals surface area contributed by atoms with Crippen LogP contribution in [-0.4, -0.2) is 5.78 Å². The Morgan fingerprint density at radius 2 is 1.04 bits per heavy atom. The highest BCUT2D eigenvalue weighted by Gasteiger charge is 2.26. The summed E-state index contributed by atoms with van der Waals surface area (Å²) in [6, 6.07) is 21.1. The number of unbranched alkanes of at least 4 members (excludes halogenated alkanes) is 4. The Hall–Kier alpha value is -1.89. The third-order valence-corrected chi connectivity index (χ3v) is 5.77. The number of ketones is 1. The molecular formula is C27H38O. The van der Waals surface area contributed by atoms with Gasteiger partial charge in [-0.3, -0.25) is 4.79 Å². The van der Waals surface area contributed by atoms with Gasteiger partial charge in [0.05, 0.1) is 0 Å². The maximum Gasteiger partial charge on any atom is 0.139 e. The van der Waals surface area contributed by atoms with E-state index >= 15 is 0 Å². The summed E-state index contributed by atoms with van der Waals surface area (Å²) in [4.78, 5) is 13.6. The van der Waals surface area contributed by atoms with Crippen LogP contribution in [0.15, 0.2) is 60.7 Å². The third-order valence-electron chi connectivity index (χ3n) is 5.77. The Labute approximate surface area is 172 Å². The van der Waals surface area contributed by atoms with Gasteiger partial charge in [-0.15, -0.1) is 0 Å². The summed E-state index contributed by atoms with van der Waals surface area (Å²) >= 11 is 0. The van der Waals surface area contributed by atoms with Crippen LogP contribution in [0.1, 0.15) is 76.3 Å². The van der Waals surface area contributed by atoms with Gasteiger partial charge in [-0.05, 0) is 36.8 Å². The molecule has 1 nitrogen and oxygen atoms in total. The quantitative estimate of drug-likeness (QED) is 0.312. The van der Waals surface area contributed by atoms with Crippen LogP contribution in [0.3, 0.4) is 0 Å². The molecule has 0 N–H and O–H groups in total. The zero-order valence-corrected chi connectivity index (χ0v) is 17.9. The molecule has 0 radical (unpaired) electrons. The second kappa shape index (κ2) is 13.3. The van der Waals surface area contributed by atoms with E-state index in [0.29, 0.717) is 5.78 Å². The maximum atomic E-state index is 13.6. The van der Waals surface area contributed by atoms with Crippen molar-refractivity contribution in [2.24, 2.45) is 11.8 Å². The second-order valence-electron chi connectivity index (χ2n) is 8.17. The van der Waals surface area contributed by atoms with Crippen LogP contribution in [-0.2, 0) is 17.6 Å². The van der Waals surface area contributed by atoms with Gasteiger partial charge in [0.1, 0.15) is 5.78 Å². The van der Waals surface area contributed by atoms with Gasteiger partial charge in [0.15, 0.2) is 0 Å². The molecule has 0 aliphatic rings. The van der Waals surface area contributed by atoms with E-state index in [2.05, 4.69) is 74.5 Å². The minimum atomic E-state index is 0.157. The van der Waals surface area contributed by atoms with Gasteiger partial charge in [0, 0.05) is 11.8 Å². The SMILES string of the molecule is CCCCCC(Cc1ccccc1)C(=O)C(CCCCC)Cc1ccccc1. The van der Waals surface area contributed by atoms with Gasteiger partial charge in [0.2, 0.25) is 0 Å². The lowest BCUT2D eigenvalue weighted by Crippen LogP contribution is -2.27. The van der Waals surface area contributed by atoms with Crippen LogP contribution in [0.25, 0.3) is 0 Å². The monoisotopic (exact) mass is 378 g/mol. The molecule has 0 amide bonds. The lowest BCUT2D eigenvalue weighted by molar-refractivity contribution is -0.127. The fourth-order valence-electron chi connectivity index (χ4n) is 4.10. The molecule has 0 heterocycles. The summed E-state index contributed by atoms with van der Waals surface area (Å²) in [5.41, 5.74) is 2.59. The Bertz CT molecular complexity index is 589. The summed E-state index contributed by atoms with van der Waals surface area (Å²) in [5.74, 6) is 0.813. The second-order valence-corrected chi connectivity index (χ2v) is 8.17. The van der Waals surface area contributed by atoms with E-state index in [1.807, 2.05) is 0 Å². The third kappa shape index (κ3) is 8.00. The molecule has 0 spiro atoms. The van der Waals surface area contributed by atoms with Gasteiger partial charge < -0.3 is 0 Å². The van der Waals surface area contributed by atoms with Crippen molar-refractivity contribution in [2.75, 3.05) is 0 Å². The molecule has 1 heteroatoms. The number of hydrogen-bond acceptors (Lipinski definition) is 1. The van der Waals surface area contributed by atoms with E-state index in [1.165, 1.54) is 36.8 Å². The summed E-state index contributed by atoms with van der Waals surface area (Å²) in [5, 5.41) is 0. The van der Waals surface area contributed by atoms with Crippen LogP contribution in [0.5, 0.6) is 0 Å². The van der Waals surface area contributed by atoms with E-state index in [-0.39, 0.29) is 11.8 Å². The molecular weight excluding hydrogens is 340 g/mol. The van der Waals surface area contributed by atoms with Crippen molar-refractivity contribution in [2.45, 2.75) is 78.1 Å². The zero-order chi connectivity index (χ0) is 20.0. The van der Waals surface area contributed by atoms with Crippen molar-refractivity contribution in [1.82, 2.24) is 0 Å². The van der Waals surface area contributed by atoms with E-state index in [1.54, 1.807) is 0 Å². The number of carbonyl (C=O) groups excluding carboxylic acids is 1. The highest BCUT2D eigenvalue weighted by Crippen LogP contribution is 2.26. The molecule has 2 aromatic carbocycles. The fraction of sp³-hybridized carbons (Fsp3) is 0.519. The highest BCUT2D eigenvalue weighted by atomic mass is 16.1. The molecule has 0 saturated heterocycles. The van der Waals surface area contributed by atoms with Crippen LogP contribution in [0, 0.1) is 11.8 Å². The number of rotatable bonds is 14. The summed E-state index contributed by atoms with van der Waals surface area (Å²) in [6.07, 6.45) is 11.0. The largest absolute Gasteiger partial charge is 0.299 e. The lowest BCUT2D eigenvalue weighted by Gasteiger charge is -2.23. The topological polar surface area (TPSA) is 17.1 Å². The number of benzene rings is 2. The Kier molecular flexibility index (Phi) is 10.7. The van der Waals surface area contributed by atoms with Crippen LogP contribution in [0.2, 0.25) is 0 Å². The first kappa shape index (κ1) is 22.4. The minimum Gasteiger partial charge on any atom is -0.299 e. The zero-order valence-electron chi connectivity index (χ0n) is 17.9. The average molecular weight is 379 g/mol. The van der Waals surface area contributed by atoms with Crippen molar-refractivity contribution in [3.05, 3.63) is 71.8 Å². The first-order chi connectivity index (χ1) is 13.7. The van der Waals surface area contributed by atoms with Crippen molar-refractivity contribution >= 4 is 5.78 Å². The summed E-state index contributed by atoms with van der Waals surface area (Å²) in [7, 11) is 0. The van der Waals surface area contributed by atoms with Crippen molar-refractivity contribution < 1.29 is 4.79 Å². The lowest BCUT2D eigenvalue weighted by atomic mass is 9.80. The van der Waals surface area contributed by atoms with Gasteiger partial charge >= 0.3 is 0 Å². The number of carbonyl (C=O) groups is 1. The molecule has 0 bridgehead atoms.